The molecule has 1 aliphatic carbocycles. The van der Waals surface area contributed by atoms with Crippen molar-refractivity contribution in [1.82, 2.24) is 10.2 Å². The van der Waals surface area contributed by atoms with Crippen molar-refractivity contribution in [1.29, 1.82) is 0 Å². The van der Waals surface area contributed by atoms with Crippen molar-refractivity contribution in [2.45, 2.75) is 45.2 Å². The molecule has 0 bridgehead atoms. The third-order valence-corrected chi connectivity index (χ3v) is 4.32. The van der Waals surface area contributed by atoms with E-state index in [-0.39, 0.29) is 0 Å². The SMILES string of the molecule is CNC(CN(CCC(C)C)C1CC1)c1cccc(OC)c1. The highest BCUT2D eigenvalue weighted by molar-refractivity contribution is 5.30. The molecule has 0 aromatic heterocycles. The Morgan fingerprint density at radius 3 is 2.67 bits per heavy atom. The Morgan fingerprint density at radius 1 is 1.33 bits per heavy atom. The number of hydrogen-bond acceptors (Lipinski definition) is 3. The largest absolute Gasteiger partial charge is 0.497 e. The number of nitrogens with zero attached hydrogens (tertiary/aromatic N) is 1. The van der Waals surface area contributed by atoms with Crippen LogP contribution in [-0.4, -0.2) is 38.2 Å². The van der Waals surface area contributed by atoms with Gasteiger partial charge in [-0.25, -0.2) is 0 Å². The van der Waals surface area contributed by atoms with Gasteiger partial charge in [-0.15, -0.1) is 0 Å². The standard InChI is InChI=1S/C18H30N2O/c1-14(2)10-11-20(16-8-9-16)13-18(19-3)15-6-5-7-17(12-15)21-4/h5-7,12,14,16,18-19H,8-11,13H2,1-4H3. The molecule has 2 rings (SSSR count). The average molecular weight is 290 g/mol. The van der Waals surface area contributed by atoms with E-state index in [1.165, 1.54) is 31.4 Å². The molecule has 3 nitrogen and oxygen atoms in total. The highest BCUT2D eigenvalue weighted by Crippen LogP contribution is 2.30. The predicted molar refractivity (Wildman–Crippen MR) is 88.8 cm³/mol. The number of benzene rings is 1. The molecular formula is C18H30N2O. The lowest BCUT2D eigenvalue weighted by Crippen LogP contribution is -2.36. The first kappa shape index (κ1) is 16.3. The predicted octanol–water partition coefficient (Wildman–Crippen LogP) is 3.47. The summed E-state index contributed by atoms with van der Waals surface area (Å²) < 4.78 is 5.35. The summed E-state index contributed by atoms with van der Waals surface area (Å²) in [7, 11) is 3.78. The van der Waals surface area contributed by atoms with Crippen LogP contribution in [0.2, 0.25) is 0 Å². The van der Waals surface area contributed by atoms with E-state index >= 15 is 0 Å². The van der Waals surface area contributed by atoms with Crippen LogP contribution in [0.4, 0.5) is 0 Å². The van der Waals surface area contributed by atoms with Gasteiger partial charge in [-0.2, -0.15) is 0 Å². The van der Waals surface area contributed by atoms with Crippen LogP contribution in [0.1, 0.15) is 44.7 Å². The topological polar surface area (TPSA) is 24.5 Å². The van der Waals surface area contributed by atoms with Gasteiger partial charge in [-0.3, -0.25) is 4.90 Å². The summed E-state index contributed by atoms with van der Waals surface area (Å²) >= 11 is 0. The van der Waals surface area contributed by atoms with Gasteiger partial charge in [0.15, 0.2) is 0 Å². The molecule has 1 fully saturated rings. The molecule has 1 aromatic rings. The van der Waals surface area contributed by atoms with Crippen LogP contribution in [0.5, 0.6) is 5.75 Å². The molecular weight excluding hydrogens is 260 g/mol. The van der Waals surface area contributed by atoms with Crippen molar-refractivity contribution in [3.05, 3.63) is 29.8 Å². The Balaban J connectivity index is 2.01. The molecule has 1 unspecified atom stereocenters. The lowest BCUT2D eigenvalue weighted by atomic mass is 10.0. The lowest BCUT2D eigenvalue weighted by Gasteiger charge is -2.28. The maximum atomic E-state index is 5.35. The summed E-state index contributed by atoms with van der Waals surface area (Å²) in [5, 5.41) is 3.47. The number of hydrogen-bond donors (Lipinski definition) is 1. The maximum absolute atomic E-state index is 5.35. The van der Waals surface area contributed by atoms with E-state index in [9.17, 15) is 0 Å². The molecule has 1 aromatic carbocycles. The van der Waals surface area contributed by atoms with E-state index in [0.29, 0.717) is 6.04 Å². The third-order valence-electron chi connectivity index (χ3n) is 4.32. The number of methoxy groups -OCH3 is 1. The second-order valence-corrected chi connectivity index (χ2v) is 6.53. The Labute approximate surface area is 129 Å². The normalized spacial score (nSPS) is 16.5. The number of nitrogens with one attached hydrogen (secondary N) is 1. The van der Waals surface area contributed by atoms with Gasteiger partial charge in [0, 0.05) is 18.6 Å². The van der Waals surface area contributed by atoms with Crippen molar-refractivity contribution >= 4 is 0 Å². The monoisotopic (exact) mass is 290 g/mol. The first-order valence-corrected chi connectivity index (χ1v) is 8.19. The van der Waals surface area contributed by atoms with Gasteiger partial charge < -0.3 is 10.1 Å². The van der Waals surface area contributed by atoms with Gasteiger partial charge in [0.2, 0.25) is 0 Å². The maximum Gasteiger partial charge on any atom is 0.119 e. The van der Waals surface area contributed by atoms with Gasteiger partial charge in [0.1, 0.15) is 5.75 Å². The van der Waals surface area contributed by atoms with Crippen LogP contribution in [0.25, 0.3) is 0 Å². The minimum Gasteiger partial charge on any atom is -0.497 e. The second-order valence-electron chi connectivity index (χ2n) is 6.53. The number of likely N-dealkylation sites (N-methyl/N-ethyl adjacent to an activating group) is 1. The molecule has 1 aliphatic rings. The van der Waals surface area contributed by atoms with E-state index in [1.54, 1.807) is 7.11 Å². The van der Waals surface area contributed by atoms with E-state index in [0.717, 1.165) is 24.3 Å². The molecule has 1 saturated carbocycles. The Morgan fingerprint density at radius 2 is 2.10 bits per heavy atom. The fourth-order valence-electron chi connectivity index (χ4n) is 2.74. The first-order valence-electron chi connectivity index (χ1n) is 8.19. The van der Waals surface area contributed by atoms with Gasteiger partial charge in [-0.05, 0) is 56.5 Å². The zero-order valence-corrected chi connectivity index (χ0v) is 13.9. The molecule has 0 aliphatic heterocycles. The Bertz CT molecular complexity index is 429. The van der Waals surface area contributed by atoms with Crippen LogP contribution in [-0.2, 0) is 0 Å². The summed E-state index contributed by atoms with van der Waals surface area (Å²) in [6.07, 6.45) is 4.02. The third kappa shape index (κ3) is 5.01. The smallest absolute Gasteiger partial charge is 0.119 e. The molecule has 3 heteroatoms. The molecule has 1 atom stereocenters. The summed E-state index contributed by atoms with van der Waals surface area (Å²) in [5.41, 5.74) is 1.31. The van der Waals surface area contributed by atoms with E-state index in [1.807, 2.05) is 6.07 Å². The zero-order chi connectivity index (χ0) is 15.2. The highest BCUT2D eigenvalue weighted by Gasteiger charge is 2.30. The van der Waals surface area contributed by atoms with E-state index in [2.05, 4.69) is 49.3 Å². The molecule has 21 heavy (non-hydrogen) atoms. The summed E-state index contributed by atoms with van der Waals surface area (Å²) in [4.78, 5) is 2.67. The molecule has 0 spiro atoms. The number of rotatable bonds is 9. The van der Waals surface area contributed by atoms with Crippen LogP contribution in [0.15, 0.2) is 24.3 Å². The Kier molecular flexibility index (Phi) is 6.07. The minimum atomic E-state index is 0.368. The lowest BCUT2D eigenvalue weighted by molar-refractivity contribution is 0.224. The highest BCUT2D eigenvalue weighted by atomic mass is 16.5. The van der Waals surface area contributed by atoms with Crippen LogP contribution < -0.4 is 10.1 Å². The van der Waals surface area contributed by atoms with E-state index in [4.69, 9.17) is 4.74 Å². The van der Waals surface area contributed by atoms with Crippen molar-refractivity contribution in [2.24, 2.45) is 5.92 Å². The zero-order valence-electron chi connectivity index (χ0n) is 13.9. The molecule has 118 valence electrons. The van der Waals surface area contributed by atoms with Crippen molar-refractivity contribution in [2.75, 3.05) is 27.2 Å². The number of ether oxygens (including phenoxy) is 1. The summed E-state index contributed by atoms with van der Waals surface area (Å²) in [6.45, 7) is 6.91. The van der Waals surface area contributed by atoms with Crippen LogP contribution in [0, 0.1) is 5.92 Å². The van der Waals surface area contributed by atoms with Gasteiger partial charge in [0.05, 0.1) is 7.11 Å². The average Bonchev–Trinajstić information content (AvgIpc) is 3.32. The summed E-state index contributed by atoms with van der Waals surface area (Å²) in [5.74, 6) is 1.71. The Hall–Kier alpha value is -1.06. The molecule has 0 amide bonds. The molecule has 1 N–H and O–H groups in total. The van der Waals surface area contributed by atoms with Crippen molar-refractivity contribution in [3.8, 4) is 5.75 Å². The molecule has 0 saturated heterocycles. The fourth-order valence-corrected chi connectivity index (χ4v) is 2.74. The van der Waals surface area contributed by atoms with E-state index < -0.39 is 0 Å². The van der Waals surface area contributed by atoms with Gasteiger partial charge in [0.25, 0.3) is 0 Å². The minimum absolute atomic E-state index is 0.368. The summed E-state index contributed by atoms with van der Waals surface area (Å²) in [6, 6.07) is 9.60. The van der Waals surface area contributed by atoms with Crippen LogP contribution >= 0.6 is 0 Å². The van der Waals surface area contributed by atoms with Crippen molar-refractivity contribution in [3.63, 3.8) is 0 Å². The van der Waals surface area contributed by atoms with Gasteiger partial charge >= 0.3 is 0 Å². The van der Waals surface area contributed by atoms with Crippen molar-refractivity contribution < 1.29 is 4.74 Å². The second kappa shape index (κ2) is 7.81. The molecule has 0 heterocycles. The molecule has 0 radical (unpaired) electrons. The van der Waals surface area contributed by atoms with Gasteiger partial charge in [-0.1, -0.05) is 26.0 Å². The first-order chi connectivity index (χ1) is 10.1. The quantitative estimate of drug-likeness (QED) is 0.753. The van der Waals surface area contributed by atoms with Crippen LogP contribution in [0.3, 0.4) is 0 Å². The fraction of sp³-hybridized carbons (Fsp3) is 0.667.